The van der Waals surface area contributed by atoms with E-state index in [1.807, 2.05) is 0 Å². The number of aliphatic carboxylic acids is 1. The first kappa shape index (κ1) is 21.5. The second-order valence-electron chi connectivity index (χ2n) is 5.46. The smallest absolute Gasteiger partial charge is 0.479 e. The van der Waals surface area contributed by atoms with Crippen molar-refractivity contribution in [3.05, 3.63) is 24.3 Å². The number of anilines is 1. The average molecular weight is 380 g/mol. The van der Waals surface area contributed by atoms with Gasteiger partial charge in [0.2, 0.25) is 0 Å². The first-order chi connectivity index (χ1) is 12.2. The number of unbranched alkanes of at least 4 members (excludes halogenated alkanes) is 3. The van der Waals surface area contributed by atoms with Crippen LogP contribution >= 0.6 is 0 Å². The van der Waals surface area contributed by atoms with Crippen LogP contribution in [0.25, 0.3) is 0 Å². The van der Waals surface area contributed by atoms with Gasteiger partial charge in [0.1, 0.15) is 5.75 Å². The Hall–Kier alpha value is -2.52. The summed E-state index contributed by atoms with van der Waals surface area (Å²) in [5.41, 5.74) is 0.305. The molecule has 0 saturated heterocycles. The van der Waals surface area contributed by atoms with Gasteiger partial charge < -0.3 is 20.5 Å². The molecule has 0 fully saturated rings. The minimum absolute atomic E-state index is 0.0305. The molecule has 1 atom stereocenters. The zero-order valence-corrected chi connectivity index (χ0v) is 13.8. The molecule has 0 bridgehead atoms. The van der Waals surface area contributed by atoms with Gasteiger partial charge in [-0.15, -0.1) is 13.2 Å². The van der Waals surface area contributed by atoms with E-state index in [9.17, 15) is 27.2 Å². The SMILES string of the molecule is O=C(NCCCCCCC(F)C(=O)O)Nc1ccc(OC(F)(F)F)cc1. The number of carboxylic acid groups (broad SMARTS) is 1. The molecule has 0 aliphatic heterocycles. The lowest BCUT2D eigenvalue weighted by Gasteiger charge is -2.10. The van der Waals surface area contributed by atoms with Crippen LogP contribution in [0.4, 0.5) is 28.0 Å². The second kappa shape index (κ2) is 10.5. The monoisotopic (exact) mass is 380 g/mol. The molecule has 0 aromatic heterocycles. The van der Waals surface area contributed by atoms with Crippen molar-refractivity contribution in [1.29, 1.82) is 0 Å². The standard InChI is InChI=1S/C16H20F4N2O4/c17-13(14(23)24)5-3-1-2-4-10-21-15(25)22-11-6-8-12(9-7-11)26-16(18,19)20/h6-9,13H,1-5,10H2,(H,23,24)(H2,21,22,25). The van der Waals surface area contributed by atoms with E-state index < -0.39 is 24.5 Å². The van der Waals surface area contributed by atoms with Gasteiger partial charge in [-0.1, -0.05) is 12.8 Å². The lowest BCUT2D eigenvalue weighted by atomic mass is 10.1. The van der Waals surface area contributed by atoms with E-state index in [4.69, 9.17) is 5.11 Å². The quantitative estimate of drug-likeness (QED) is 0.422. The summed E-state index contributed by atoms with van der Waals surface area (Å²) in [6.45, 7) is 0.360. The van der Waals surface area contributed by atoms with Crippen LogP contribution in [0.3, 0.4) is 0 Å². The van der Waals surface area contributed by atoms with Crippen molar-refractivity contribution in [2.75, 3.05) is 11.9 Å². The number of rotatable bonds is 10. The molecule has 0 radical (unpaired) electrons. The van der Waals surface area contributed by atoms with Crippen molar-refractivity contribution in [1.82, 2.24) is 5.32 Å². The number of amides is 2. The van der Waals surface area contributed by atoms with Crippen LogP contribution in [0.2, 0.25) is 0 Å². The number of carboxylic acids is 1. The van der Waals surface area contributed by atoms with Crippen LogP contribution in [0.5, 0.6) is 5.75 Å². The van der Waals surface area contributed by atoms with Crippen LogP contribution in [0.15, 0.2) is 24.3 Å². The Labute approximate surface area is 147 Å². The van der Waals surface area contributed by atoms with Crippen molar-refractivity contribution in [2.24, 2.45) is 0 Å². The molecule has 6 nitrogen and oxygen atoms in total. The Kier molecular flexibility index (Phi) is 8.66. The van der Waals surface area contributed by atoms with Gasteiger partial charge in [-0.25, -0.2) is 14.0 Å². The lowest BCUT2D eigenvalue weighted by Crippen LogP contribution is -2.29. The number of ether oxygens (including phenoxy) is 1. The maximum absolute atomic E-state index is 12.8. The van der Waals surface area contributed by atoms with Gasteiger partial charge in [0.15, 0.2) is 6.17 Å². The zero-order valence-electron chi connectivity index (χ0n) is 13.8. The largest absolute Gasteiger partial charge is 0.573 e. The molecule has 0 spiro atoms. The van der Waals surface area contributed by atoms with E-state index in [2.05, 4.69) is 15.4 Å². The van der Waals surface area contributed by atoms with Crippen LogP contribution in [0, 0.1) is 0 Å². The highest BCUT2D eigenvalue weighted by atomic mass is 19.4. The van der Waals surface area contributed by atoms with Gasteiger partial charge in [-0.2, -0.15) is 0 Å². The van der Waals surface area contributed by atoms with E-state index in [1.54, 1.807) is 0 Å². The Bertz CT molecular complexity index is 579. The first-order valence-corrected chi connectivity index (χ1v) is 7.95. The first-order valence-electron chi connectivity index (χ1n) is 7.95. The van der Waals surface area contributed by atoms with Gasteiger partial charge in [-0.05, 0) is 43.5 Å². The van der Waals surface area contributed by atoms with E-state index in [0.29, 0.717) is 37.9 Å². The average Bonchev–Trinajstić information content (AvgIpc) is 2.54. The van der Waals surface area contributed by atoms with Crippen molar-refractivity contribution < 1.29 is 37.0 Å². The van der Waals surface area contributed by atoms with Gasteiger partial charge >= 0.3 is 18.4 Å². The summed E-state index contributed by atoms with van der Waals surface area (Å²) in [5.74, 6) is -1.84. The molecular weight excluding hydrogens is 360 g/mol. The summed E-state index contributed by atoms with van der Waals surface area (Å²) in [4.78, 5) is 21.9. The summed E-state index contributed by atoms with van der Waals surface area (Å²) in [6.07, 6.45) is -4.20. The zero-order chi connectivity index (χ0) is 19.6. The topological polar surface area (TPSA) is 87.7 Å². The number of carbonyl (C=O) groups excluding carboxylic acids is 1. The molecule has 1 unspecified atom stereocenters. The third-order valence-electron chi connectivity index (χ3n) is 3.28. The fourth-order valence-corrected chi connectivity index (χ4v) is 2.04. The summed E-state index contributed by atoms with van der Waals surface area (Å²) in [7, 11) is 0. The van der Waals surface area contributed by atoms with E-state index in [1.165, 1.54) is 12.1 Å². The van der Waals surface area contributed by atoms with Gasteiger partial charge in [0.25, 0.3) is 0 Å². The predicted octanol–water partition coefficient (Wildman–Crippen LogP) is 4.08. The fourth-order valence-electron chi connectivity index (χ4n) is 2.04. The number of benzene rings is 1. The van der Waals surface area contributed by atoms with Crippen LogP contribution < -0.4 is 15.4 Å². The molecule has 146 valence electrons. The summed E-state index contributed by atoms with van der Waals surface area (Å²) < 4.78 is 52.6. The van der Waals surface area contributed by atoms with Crippen LogP contribution in [-0.2, 0) is 4.79 Å². The normalized spacial score (nSPS) is 12.3. The van der Waals surface area contributed by atoms with Gasteiger partial charge in [0.05, 0.1) is 0 Å². The van der Waals surface area contributed by atoms with Gasteiger partial charge in [0, 0.05) is 12.2 Å². The number of nitrogens with one attached hydrogen (secondary N) is 2. The number of alkyl halides is 4. The van der Waals surface area contributed by atoms with E-state index >= 15 is 0 Å². The predicted molar refractivity (Wildman–Crippen MR) is 85.8 cm³/mol. The van der Waals surface area contributed by atoms with Crippen molar-refractivity contribution in [3.63, 3.8) is 0 Å². The van der Waals surface area contributed by atoms with Crippen molar-refractivity contribution >= 4 is 17.7 Å². The molecule has 2 amide bonds. The minimum Gasteiger partial charge on any atom is -0.479 e. The second-order valence-corrected chi connectivity index (χ2v) is 5.46. The third-order valence-corrected chi connectivity index (χ3v) is 3.28. The Balaban J connectivity index is 2.16. The molecule has 10 heteroatoms. The molecule has 0 heterocycles. The number of urea groups is 1. The molecular formula is C16H20F4N2O4. The highest BCUT2D eigenvalue weighted by Crippen LogP contribution is 2.23. The molecule has 0 saturated carbocycles. The van der Waals surface area contributed by atoms with E-state index in [0.717, 1.165) is 12.1 Å². The van der Waals surface area contributed by atoms with E-state index in [-0.39, 0.29) is 12.2 Å². The van der Waals surface area contributed by atoms with Crippen molar-refractivity contribution in [2.45, 2.75) is 44.6 Å². The summed E-state index contributed by atoms with van der Waals surface area (Å²) in [5, 5.41) is 13.4. The summed E-state index contributed by atoms with van der Waals surface area (Å²) >= 11 is 0. The molecule has 26 heavy (non-hydrogen) atoms. The molecule has 3 N–H and O–H groups in total. The number of hydrogen-bond donors (Lipinski definition) is 3. The highest BCUT2D eigenvalue weighted by Gasteiger charge is 2.30. The van der Waals surface area contributed by atoms with Crippen LogP contribution in [-0.4, -0.2) is 36.2 Å². The molecule has 0 aliphatic rings. The molecule has 1 aromatic rings. The molecule has 1 aromatic carbocycles. The van der Waals surface area contributed by atoms with Gasteiger partial charge in [-0.3, -0.25) is 0 Å². The molecule has 0 aliphatic carbocycles. The highest BCUT2D eigenvalue weighted by molar-refractivity contribution is 5.89. The molecule has 1 rings (SSSR count). The lowest BCUT2D eigenvalue weighted by molar-refractivity contribution is -0.274. The number of halogens is 4. The Morgan fingerprint density at radius 1 is 1.08 bits per heavy atom. The fraction of sp³-hybridized carbons (Fsp3) is 0.500. The Morgan fingerprint density at radius 3 is 2.27 bits per heavy atom. The number of carbonyl (C=O) groups is 2. The minimum atomic E-state index is -4.77. The maximum atomic E-state index is 12.8. The number of hydrogen-bond acceptors (Lipinski definition) is 3. The third kappa shape index (κ3) is 9.70. The summed E-state index contributed by atoms with van der Waals surface area (Å²) in [6, 6.07) is 4.20. The maximum Gasteiger partial charge on any atom is 0.573 e. The van der Waals surface area contributed by atoms with Crippen LogP contribution in [0.1, 0.15) is 32.1 Å². The van der Waals surface area contributed by atoms with Crippen molar-refractivity contribution in [3.8, 4) is 5.75 Å². The Morgan fingerprint density at radius 2 is 1.69 bits per heavy atom.